The number of fused-ring (bicyclic) bond motifs is 4. The lowest BCUT2D eigenvalue weighted by atomic mass is 9.67. The van der Waals surface area contributed by atoms with E-state index in [0.717, 1.165) is 34.3 Å². The molecule has 7 nitrogen and oxygen atoms in total. The van der Waals surface area contributed by atoms with Crippen LogP contribution in [0.25, 0.3) is 10.9 Å². The molecule has 7 heteroatoms. The zero-order valence-electron chi connectivity index (χ0n) is 19.9. The molecule has 0 bridgehead atoms. The number of esters is 1. The lowest BCUT2D eigenvalue weighted by molar-refractivity contribution is -0.157. The van der Waals surface area contributed by atoms with E-state index < -0.39 is 18.0 Å². The molecule has 0 spiro atoms. The molecular weight excluding hydrogens is 442 g/mol. The van der Waals surface area contributed by atoms with E-state index in [0.29, 0.717) is 32.4 Å². The third-order valence-electron chi connectivity index (χ3n) is 7.69. The zero-order chi connectivity index (χ0) is 24.4. The molecule has 35 heavy (non-hydrogen) atoms. The van der Waals surface area contributed by atoms with E-state index in [1.807, 2.05) is 48.5 Å². The summed E-state index contributed by atoms with van der Waals surface area (Å²) in [5, 5.41) is 21.9. The van der Waals surface area contributed by atoms with E-state index in [-0.39, 0.29) is 17.9 Å². The fourth-order valence-electron chi connectivity index (χ4n) is 6.00. The van der Waals surface area contributed by atoms with Crippen molar-refractivity contribution in [2.75, 3.05) is 20.2 Å². The summed E-state index contributed by atoms with van der Waals surface area (Å²) < 4.78 is 11.7. The minimum absolute atomic E-state index is 0.0648. The van der Waals surface area contributed by atoms with Crippen LogP contribution in [0.4, 0.5) is 0 Å². The minimum Gasteiger partial charge on any atom is -0.484 e. The second-order valence-corrected chi connectivity index (χ2v) is 9.63. The first kappa shape index (κ1) is 23.3. The predicted octanol–water partition coefficient (Wildman–Crippen LogP) is 4.19. The average Bonchev–Trinajstić information content (AvgIpc) is 3.26. The summed E-state index contributed by atoms with van der Waals surface area (Å²) in [5.74, 6) is -0.445. The molecular formula is C28H31N3O4. The summed E-state index contributed by atoms with van der Waals surface area (Å²) >= 11 is 0. The van der Waals surface area contributed by atoms with Crippen LogP contribution >= 0.6 is 0 Å². The van der Waals surface area contributed by atoms with Crippen LogP contribution in [0, 0.1) is 29.2 Å². The van der Waals surface area contributed by atoms with Gasteiger partial charge in [-0.2, -0.15) is 5.26 Å². The molecule has 0 saturated heterocycles. The zero-order valence-corrected chi connectivity index (χ0v) is 19.9. The van der Waals surface area contributed by atoms with Crippen molar-refractivity contribution in [1.82, 2.24) is 9.88 Å². The number of nitrogens with zero attached hydrogens (tertiary/aromatic N) is 2. The molecule has 0 amide bonds. The Hall–Kier alpha value is -3.50. The first-order chi connectivity index (χ1) is 17.1. The van der Waals surface area contributed by atoms with E-state index in [2.05, 4.69) is 17.2 Å². The van der Waals surface area contributed by atoms with Crippen molar-refractivity contribution in [1.29, 1.82) is 5.26 Å². The van der Waals surface area contributed by atoms with Crippen LogP contribution in [-0.4, -0.2) is 47.3 Å². The number of aromatic amines is 1. The topological polar surface area (TPSA) is 98.6 Å². The third kappa shape index (κ3) is 4.59. The van der Waals surface area contributed by atoms with Gasteiger partial charge in [0, 0.05) is 24.0 Å². The molecule has 1 aromatic heterocycles. The molecule has 0 unspecified atom stereocenters. The fourth-order valence-corrected chi connectivity index (χ4v) is 6.00. The Morgan fingerprint density at radius 1 is 1.14 bits per heavy atom. The Morgan fingerprint density at radius 3 is 2.69 bits per heavy atom. The normalized spacial score (nSPS) is 26.8. The Labute approximate surface area is 205 Å². The standard InChI is InChI=1S/C28H31N3O4/c1-34-28(33)26-22-15-25(35-19-7-3-2-4-8-19)27-21(20-9-5-6-10-23(20)30-27)13-14-31(17-29)16-18(22)11-12-24(26)32/h2-10,18,22,24-26,30,32H,11-16H2,1H3/t18-,22-,24-,25+,26+/m0/s1. The number of methoxy groups -OCH3 is 1. The number of carbonyl (C=O) groups excluding carboxylic acids is 1. The molecule has 2 aliphatic rings. The van der Waals surface area contributed by atoms with Gasteiger partial charge < -0.3 is 24.5 Å². The van der Waals surface area contributed by atoms with Crippen molar-refractivity contribution in [2.45, 2.75) is 37.9 Å². The van der Waals surface area contributed by atoms with Gasteiger partial charge in [0.25, 0.3) is 0 Å². The van der Waals surface area contributed by atoms with Gasteiger partial charge >= 0.3 is 5.97 Å². The number of hydrogen-bond donors (Lipinski definition) is 2. The van der Waals surface area contributed by atoms with Crippen molar-refractivity contribution >= 4 is 16.9 Å². The highest BCUT2D eigenvalue weighted by Crippen LogP contribution is 2.44. The summed E-state index contributed by atoms with van der Waals surface area (Å²) in [6.45, 7) is 1.13. The SMILES string of the molecule is COC(=O)[C@@H]1[C@H]2C[C@@H](Oc3ccccc3)c3[nH]c4ccccc4c3CCN(C#N)C[C@@H]2CC[C@@H]1O. The molecule has 2 N–H and O–H groups in total. The average molecular weight is 474 g/mol. The second kappa shape index (κ2) is 10.0. The molecule has 5 rings (SSSR count). The number of ether oxygens (including phenoxy) is 2. The highest BCUT2D eigenvalue weighted by atomic mass is 16.5. The maximum atomic E-state index is 12.9. The minimum atomic E-state index is -0.776. The van der Waals surface area contributed by atoms with Gasteiger partial charge in [-0.15, -0.1) is 0 Å². The third-order valence-corrected chi connectivity index (χ3v) is 7.69. The van der Waals surface area contributed by atoms with Crippen LogP contribution in [0.1, 0.15) is 36.6 Å². The monoisotopic (exact) mass is 473 g/mol. The number of aliphatic hydroxyl groups excluding tert-OH is 1. The quantitative estimate of drug-likeness (QED) is 0.437. The number of nitrogens with one attached hydrogen (secondary N) is 1. The predicted molar refractivity (Wildman–Crippen MR) is 131 cm³/mol. The van der Waals surface area contributed by atoms with E-state index in [4.69, 9.17) is 9.47 Å². The van der Waals surface area contributed by atoms with Crippen LogP contribution < -0.4 is 4.74 Å². The molecule has 2 aromatic carbocycles. The molecule has 3 aromatic rings. The van der Waals surface area contributed by atoms with Crippen LogP contribution in [0.5, 0.6) is 5.75 Å². The summed E-state index contributed by atoms with van der Waals surface area (Å²) in [6.07, 6.45) is 3.73. The molecule has 1 fully saturated rings. The van der Waals surface area contributed by atoms with Crippen LogP contribution in [-0.2, 0) is 16.0 Å². The molecule has 1 saturated carbocycles. The Bertz CT molecular complexity index is 1220. The molecule has 182 valence electrons. The maximum absolute atomic E-state index is 12.9. The van der Waals surface area contributed by atoms with E-state index in [1.54, 1.807) is 4.90 Å². The number of H-pyrrole nitrogens is 1. The Morgan fingerprint density at radius 2 is 1.91 bits per heavy atom. The van der Waals surface area contributed by atoms with Crippen molar-refractivity contribution in [3.8, 4) is 11.9 Å². The number of hydrogen-bond acceptors (Lipinski definition) is 6. The van der Waals surface area contributed by atoms with E-state index in [9.17, 15) is 15.2 Å². The number of carbonyl (C=O) groups is 1. The van der Waals surface area contributed by atoms with Gasteiger partial charge in [0.1, 0.15) is 11.9 Å². The molecule has 1 aliphatic carbocycles. The van der Waals surface area contributed by atoms with Gasteiger partial charge in [0.15, 0.2) is 6.19 Å². The van der Waals surface area contributed by atoms with Gasteiger partial charge in [0.2, 0.25) is 0 Å². The van der Waals surface area contributed by atoms with Crippen molar-refractivity contribution < 1.29 is 19.4 Å². The van der Waals surface area contributed by atoms with Crippen LogP contribution in [0.3, 0.4) is 0 Å². The first-order valence-electron chi connectivity index (χ1n) is 12.3. The van der Waals surface area contributed by atoms with E-state index in [1.165, 1.54) is 7.11 Å². The Balaban J connectivity index is 1.64. The summed E-state index contributed by atoms with van der Waals surface area (Å²) in [6, 6.07) is 17.9. The highest BCUT2D eigenvalue weighted by Gasteiger charge is 2.46. The van der Waals surface area contributed by atoms with Crippen LogP contribution in [0.2, 0.25) is 0 Å². The number of aromatic nitrogens is 1. The van der Waals surface area contributed by atoms with Crippen molar-refractivity contribution in [3.63, 3.8) is 0 Å². The largest absolute Gasteiger partial charge is 0.484 e. The van der Waals surface area contributed by atoms with E-state index >= 15 is 0 Å². The van der Waals surface area contributed by atoms with Gasteiger partial charge in [-0.05, 0) is 61.3 Å². The van der Waals surface area contributed by atoms with Gasteiger partial charge in [-0.25, -0.2) is 0 Å². The van der Waals surface area contributed by atoms with Gasteiger partial charge in [-0.1, -0.05) is 36.4 Å². The van der Waals surface area contributed by atoms with Crippen molar-refractivity contribution in [2.24, 2.45) is 17.8 Å². The first-order valence-corrected chi connectivity index (χ1v) is 12.3. The fraction of sp³-hybridized carbons (Fsp3) is 0.429. The van der Waals surface area contributed by atoms with Gasteiger partial charge in [0.05, 0.1) is 24.8 Å². The molecule has 1 aliphatic heterocycles. The van der Waals surface area contributed by atoms with Gasteiger partial charge in [-0.3, -0.25) is 4.79 Å². The number of aliphatic hydroxyl groups is 1. The molecule has 0 radical (unpaired) electrons. The second-order valence-electron chi connectivity index (χ2n) is 9.63. The maximum Gasteiger partial charge on any atom is 0.311 e. The summed E-state index contributed by atoms with van der Waals surface area (Å²) in [7, 11) is 1.37. The van der Waals surface area contributed by atoms with Crippen molar-refractivity contribution in [3.05, 3.63) is 65.9 Å². The number of rotatable bonds is 3. The Kier molecular flexibility index (Phi) is 6.65. The lowest BCUT2D eigenvalue weighted by Gasteiger charge is -2.42. The molecule has 2 heterocycles. The number of nitriles is 1. The highest BCUT2D eigenvalue weighted by molar-refractivity contribution is 5.85. The van der Waals surface area contributed by atoms with Crippen LogP contribution in [0.15, 0.2) is 54.6 Å². The summed E-state index contributed by atoms with van der Waals surface area (Å²) in [5.41, 5.74) is 3.12. The number of para-hydroxylation sites is 2. The lowest BCUT2D eigenvalue weighted by Crippen LogP contribution is -2.47. The molecule has 5 atom stereocenters. The number of benzene rings is 2. The summed E-state index contributed by atoms with van der Waals surface area (Å²) in [4.78, 5) is 18.3. The smallest absolute Gasteiger partial charge is 0.311 e.